The van der Waals surface area contributed by atoms with Gasteiger partial charge in [-0.15, -0.1) is 0 Å². The van der Waals surface area contributed by atoms with E-state index in [0.717, 1.165) is 0 Å². The average molecular weight is 107 g/mol. The summed E-state index contributed by atoms with van der Waals surface area (Å²) < 4.78 is 0. The Hall–Kier alpha value is -0.610. The fourth-order valence-corrected chi connectivity index (χ4v) is 0. The quantitative estimate of drug-likeness (QED) is 0.406. The molecule has 1 amide bonds. The van der Waals surface area contributed by atoms with Crippen molar-refractivity contribution in [3.63, 3.8) is 0 Å². The van der Waals surface area contributed by atoms with Gasteiger partial charge in [0.05, 0.1) is 0 Å². The lowest BCUT2D eigenvalue weighted by atomic mass is 10.4. The molecule has 0 bridgehead atoms. The maximum Gasteiger partial charge on any atom is 0.245 e. The summed E-state index contributed by atoms with van der Waals surface area (Å²) in [7, 11) is 0. The number of carbonyl (C=O) groups is 1. The number of aliphatic hydroxyl groups is 1. The molecule has 1 unspecified atom stereocenters. The van der Waals surface area contributed by atoms with E-state index < -0.39 is 12.0 Å². The van der Waals surface area contributed by atoms with Crippen molar-refractivity contribution in [3.05, 3.63) is 0 Å². The molecular weight excluding hydrogens is 98.0 g/mol. The minimum absolute atomic E-state index is 0. The number of rotatable bonds is 1. The van der Waals surface area contributed by atoms with Gasteiger partial charge in [-0.3, -0.25) is 4.79 Å². The highest BCUT2D eigenvalue weighted by atomic mass is 16.3. The predicted octanol–water partition coefficient (Wildman–Crippen LogP) is -1.97. The third-order valence-corrected chi connectivity index (χ3v) is 0.412. The van der Waals surface area contributed by atoms with Crippen molar-refractivity contribution in [1.82, 2.24) is 0 Å². The minimum atomic E-state index is -1.01. The summed E-state index contributed by atoms with van der Waals surface area (Å²) in [6.45, 7) is 1.32. The fraction of sp³-hybridized carbons (Fsp3) is 0.667. The highest BCUT2D eigenvalue weighted by Gasteiger charge is 1.98. The van der Waals surface area contributed by atoms with Crippen LogP contribution < -0.4 is 5.73 Å². The molecule has 0 saturated carbocycles. The number of aliphatic hydroxyl groups excluding tert-OH is 1. The van der Waals surface area contributed by atoms with E-state index in [0.29, 0.717) is 0 Å². The Morgan fingerprint density at radius 2 is 2.00 bits per heavy atom. The molecule has 0 heterocycles. The van der Waals surface area contributed by atoms with Crippen molar-refractivity contribution in [3.8, 4) is 0 Å². The van der Waals surface area contributed by atoms with Crippen LogP contribution in [0.1, 0.15) is 6.92 Å². The first-order chi connectivity index (χ1) is 2.64. The number of primary amides is 1. The van der Waals surface area contributed by atoms with Gasteiger partial charge in [-0.25, -0.2) is 0 Å². The summed E-state index contributed by atoms with van der Waals surface area (Å²) in [6.07, 6.45) is -1.01. The second-order valence-electron chi connectivity index (χ2n) is 1.08. The van der Waals surface area contributed by atoms with E-state index in [9.17, 15) is 4.79 Å². The van der Waals surface area contributed by atoms with Crippen molar-refractivity contribution in [1.29, 1.82) is 0 Å². The van der Waals surface area contributed by atoms with Crippen LogP contribution in [0, 0.1) is 0 Å². The average Bonchev–Trinajstić information content (AvgIpc) is 1.36. The van der Waals surface area contributed by atoms with Crippen LogP contribution in [-0.4, -0.2) is 22.6 Å². The summed E-state index contributed by atoms with van der Waals surface area (Å²) in [5.74, 6) is -0.685. The first-order valence-corrected chi connectivity index (χ1v) is 1.62. The third-order valence-electron chi connectivity index (χ3n) is 0.412. The van der Waals surface area contributed by atoms with Crippen LogP contribution in [0.2, 0.25) is 0 Å². The van der Waals surface area contributed by atoms with Gasteiger partial charge < -0.3 is 16.3 Å². The van der Waals surface area contributed by atoms with Gasteiger partial charge in [-0.1, -0.05) is 0 Å². The normalized spacial score (nSPS) is 11.7. The van der Waals surface area contributed by atoms with Crippen molar-refractivity contribution in [2.24, 2.45) is 5.73 Å². The highest BCUT2D eigenvalue weighted by Crippen LogP contribution is 1.70. The molecule has 1 atom stereocenters. The van der Waals surface area contributed by atoms with Crippen LogP contribution in [-0.2, 0) is 4.79 Å². The SMILES string of the molecule is CC(O)C(N)=O.O. The van der Waals surface area contributed by atoms with Crippen molar-refractivity contribution < 1.29 is 15.4 Å². The molecule has 0 spiro atoms. The van der Waals surface area contributed by atoms with Crippen LogP contribution >= 0.6 is 0 Å². The number of amides is 1. The number of hydrogen-bond acceptors (Lipinski definition) is 2. The van der Waals surface area contributed by atoms with E-state index in [1.165, 1.54) is 6.92 Å². The Morgan fingerprint density at radius 1 is 1.86 bits per heavy atom. The second kappa shape index (κ2) is 3.58. The molecular formula is C3H9NO3. The van der Waals surface area contributed by atoms with Crippen molar-refractivity contribution in [2.45, 2.75) is 13.0 Å². The molecule has 0 aromatic rings. The lowest BCUT2D eigenvalue weighted by Gasteiger charge is -1.90. The Kier molecular flexibility index (Phi) is 4.92. The molecule has 0 fully saturated rings. The number of hydrogen-bond donors (Lipinski definition) is 2. The van der Waals surface area contributed by atoms with Crippen LogP contribution in [0.4, 0.5) is 0 Å². The molecule has 4 heteroatoms. The molecule has 0 aromatic carbocycles. The zero-order valence-electron chi connectivity index (χ0n) is 4.01. The van der Waals surface area contributed by atoms with Gasteiger partial charge in [-0.2, -0.15) is 0 Å². The number of carbonyl (C=O) groups excluding carboxylic acids is 1. The van der Waals surface area contributed by atoms with Crippen molar-refractivity contribution >= 4 is 5.91 Å². The monoisotopic (exact) mass is 107 g/mol. The molecule has 0 radical (unpaired) electrons. The first kappa shape index (κ1) is 9.63. The van der Waals surface area contributed by atoms with Gasteiger partial charge in [0.25, 0.3) is 0 Å². The maximum absolute atomic E-state index is 9.67. The van der Waals surface area contributed by atoms with E-state index >= 15 is 0 Å². The Bertz CT molecular complexity index is 61.2. The van der Waals surface area contributed by atoms with Crippen LogP contribution in [0.25, 0.3) is 0 Å². The standard InChI is InChI=1S/C3H7NO2.H2O/c1-2(5)3(4)6;/h2,5H,1H3,(H2,4,6);1H2. The van der Waals surface area contributed by atoms with Gasteiger partial charge in [-0.05, 0) is 6.92 Å². The third kappa shape index (κ3) is 5.39. The van der Waals surface area contributed by atoms with E-state index in [1.54, 1.807) is 0 Å². The molecule has 5 N–H and O–H groups in total. The van der Waals surface area contributed by atoms with Crippen LogP contribution in [0.5, 0.6) is 0 Å². The highest BCUT2D eigenvalue weighted by molar-refractivity contribution is 5.77. The molecule has 0 saturated heterocycles. The van der Waals surface area contributed by atoms with Gasteiger partial charge in [0, 0.05) is 0 Å². The molecule has 0 aliphatic heterocycles. The summed E-state index contributed by atoms with van der Waals surface area (Å²) in [4.78, 5) is 9.67. The summed E-state index contributed by atoms with van der Waals surface area (Å²) in [5.41, 5.74) is 4.55. The van der Waals surface area contributed by atoms with Crippen LogP contribution in [0.15, 0.2) is 0 Å². The fourth-order valence-electron chi connectivity index (χ4n) is 0. The molecule has 0 aliphatic carbocycles. The molecule has 0 rings (SSSR count). The van der Waals surface area contributed by atoms with Gasteiger partial charge >= 0.3 is 0 Å². The molecule has 44 valence electrons. The Balaban J connectivity index is 0. The van der Waals surface area contributed by atoms with Crippen LogP contribution in [0.3, 0.4) is 0 Å². The Morgan fingerprint density at radius 3 is 2.00 bits per heavy atom. The molecule has 7 heavy (non-hydrogen) atoms. The summed E-state index contributed by atoms with van der Waals surface area (Å²) in [6, 6.07) is 0. The largest absolute Gasteiger partial charge is 0.412 e. The summed E-state index contributed by atoms with van der Waals surface area (Å²) in [5, 5.41) is 8.16. The lowest BCUT2D eigenvalue weighted by Crippen LogP contribution is -2.24. The van der Waals surface area contributed by atoms with Gasteiger partial charge in [0.15, 0.2) is 0 Å². The van der Waals surface area contributed by atoms with E-state index in [-0.39, 0.29) is 5.48 Å². The molecule has 0 aliphatic rings. The zero-order chi connectivity index (χ0) is 5.15. The minimum Gasteiger partial charge on any atom is -0.412 e. The Labute approximate surface area is 41.2 Å². The van der Waals surface area contributed by atoms with Crippen molar-refractivity contribution in [2.75, 3.05) is 0 Å². The zero-order valence-corrected chi connectivity index (χ0v) is 4.01. The summed E-state index contributed by atoms with van der Waals surface area (Å²) >= 11 is 0. The van der Waals surface area contributed by atoms with E-state index in [1.807, 2.05) is 0 Å². The second-order valence-corrected chi connectivity index (χ2v) is 1.08. The van der Waals surface area contributed by atoms with E-state index in [4.69, 9.17) is 5.11 Å². The van der Waals surface area contributed by atoms with Gasteiger partial charge in [0.2, 0.25) is 5.91 Å². The number of nitrogens with two attached hydrogens (primary N) is 1. The maximum atomic E-state index is 9.67. The predicted molar refractivity (Wildman–Crippen MR) is 24.5 cm³/mol. The smallest absolute Gasteiger partial charge is 0.245 e. The topological polar surface area (TPSA) is 94.8 Å². The van der Waals surface area contributed by atoms with E-state index in [2.05, 4.69) is 5.73 Å². The molecule has 4 nitrogen and oxygen atoms in total. The molecule has 0 aromatic heterocycles. The lowest BCUT2D eigenvalue weighted by molar-refractivity contribution is -0.125. The first-order valence-electron chi connectivity index (χ1n) is 1.62. The van der Waals surface area contributed by atoms with Gasteiger partial charge in [0.1, 0.15) is 6.10 Å².